The van der Waals surface area contributed by atoms with Crippen LogP contribution < -0.4 is 0 Å². The van der Waals surface area contributed by atoms with E-state index < -0.39 is 0 Å². The Hall–Kier alpha value is -1.81. The first-order chi connectivity index (χ1) is 14.2. The number of likely N-dealkylation sites (N-methyl/N-ethyl adjacent to an activating group) is 1. The van der Waals surface area contributed by atoms with Crippen molar-refractivity contribution in [2.75, 3.05) is 13.1 Å². The maximum atomic E-state index is 13.1. The van der Waals surface area contributed by atoms with E-state index >= 15 is 0 Å². The van der Waals surface area contributed by atoms with Crippen molar-refractivity contribution in [2.24, 2.45) is 5.92 Å². The average Bonchev–Trinajstić information content (AvgIpc) is 3.13. The first kappa shape index (κ1) is 19.2. The number of likely N-dealkylation sites (tertiary alicyclic amines) is 1. The van der Waals surface area contributed by atoms with E-state index in [1.54, 1.807) is 0 Å². The summed E-state index contributed by atoms with van der Waals surface area (Å²) in [5.74, 6) is 0.484. The standard InChI is InChI=1S/C25H34N2O2/c1-3-26-15-17-14-23-21(20-11-8-12-22(26)24(17)20)13-18(16-27(23)4-2)25(28)29-19-9-6-5-7-10-19/h8,11-12,15,18-19,21,23H,3-7,9-10,13-14,16H2,1-2H3/t18-,21-,23-/m1/s1. The van der Waals surface area contributed by atoms with Gasteiger partial charge in [0.25, 0.3) is 0 Å². The van der Waals surface area contributed by atoms with E-state index in [0.29, 0.717) is 12.0 Å². The molecule has 0 unspecified atom stereocenters. The Labute approximate surface area is 174 Å². The van der Waals surface area contributed by atoms with Gasteiger partial charge in [-0.1, -0.05) is 25.5 Å². The second-order valence-corrected chi connectivity index (χ2v) is 9.28. The van der Waals surface area contributed by atoms with Gasteiger partial charge in [0.2, 0.25) is 0 Å². The van der Waals surface area contributed by atoms with Crippen LogP contribution in [0.25, 0.3) is 10.9 Å². The molecule has 4 nitrogen and oxygen atoms in total. The van der Waals surface area contributed by atoms with Crippen LogP contribution in [0, 0.1) is 5.92 Å². The van der Waals surface area contributed by atoms with Crippen molar-refractivity contribution in [3.63, 3.8) is 0 Å². The zero-order chi connectivity index (χ0) is 20.0. The smallest absolute Gasteiger partial charge is 0.310 e. The number of esters is 1. The highest BCUT2D eigenvalue weighted by Gasteiger charge is 2.43. The van der Waals surface area contributed by atoms with Crippen LogP contribution in [0.2, 0.25) is 0 Å². The predicted octanol–water partition coefficient (Wildman–Crippen LogP) is 4.89. The third-order valence-electron chi connectivity index (χ3n) is 7.69. The van der Waals surface area contributed by atoms with E-state index in [1.807, 2.05) is 0 Å². The number of hydrogen-bond donors (Lipinski definition) is 0. The van der Waals surface area contributed by atoms with E-state index in [1.165, 1.54) is 41.3 Å². The quantitative estimate of drug-likeness (QED) is 0.693. The fraction of sp³-hybridized carbons (Fsp3) is 0.640. The molecule has 2 aromatic rings. The summed E-state index contributed by atoms with van der Waals surface area (Å²) in [6, 6.07) is 7.27. The summed E-state index contributed by atoms with van der Waals surface area (Å²) in [5.41, 5.74) is 4.29. The molecule has 2 fully saturated rings. The zero-order valence-electron chi connectivity index (χ0n) is 17.9. The number of rotatable bonds is 4. The van der Waals surface area contributed by atoms with Crippen molar-refractivity contribution in [3.05, 3.63) is 35.5 Å². The summed E-state index contributed by atoms with van der Waals surface area (Å²) in [7, 11) is 0. The van der Waals surface area contributed by atoms with Gasteiger partial charge in [-0.15, -0.1) is 0 Å². The van der Waals surface area contributed by atoms with Crippen molar-refractivity contribution < 1.29 is 9.53 Å². The third kappa shape index (κ3) is 3.30. The first-order valence-corrected chi connectivity index (χ1v) is 11.7. The molecule has 3 atom stereocenters. The average molecular weight is 395 g/mol. The van der Waals surface area contributed by atoms with Crippen LogP contribution in [0.5, 0.6) is 0 Å². The first-order valence-electron chi connectivity index (χ1n) is 11.7. The number of hydrogen-bond acceptors (Lipinski definition) is 3. The molecule has 1 saturated carbocycles. The number of nitrogens with zero attached hydrogens (tertiary/aromatic N) is 2. The van der Waals surface area contributed by atoms with Crippen LogP contribution in [-0.4, -0.2) is 40.7 Å². The summed E-state index contributed by atoms with van der Waals surface area (Å²) >= 11 is 0. The van der Waals surface area contributed by atoms with Gasteiger partial charge in [0.15, 0.2) is 0 Å². The molecule has 0 spiro atoms. The molecule has 156 valence electrons. The Morgan fingerprint density at radius 2 is 1.97 bits per heavy atom. The number of carbonyl (C=O) groups excluding carboxylic acids is 1. The minimum absolute atomic E-state index is 0.00296. The number of benzene rings is 1. The molecule has 1 saturated heterocycles. The van der Waals surface area contributed by atoms with Crippen LogP contribution >= 0.6 is 0 Å². The fourth-order valence-corrected chi connectivity index (χ4v) is 6.21. The van der Waals surface area contributed by atoms with Crippen molar-refractivity contribution >= 4 is 16.9 Å². The highest BCUT2D eigenvalue weighted by atomic mass is 16.5. The second kappa shape index (κ2) is 7.79. The van der Waals surface area contributed by atoms with Crippen molar-refractivity contribution in [1.29, 1.82) is 0 Å². The van der Waals surface area contributed by atoms with Crippen molar-refractivity contribution in [1.82, 2.24) is 9.47 Å². The van der Waals surface area contributed by atoms with Crippen LogP contribution in [0.4, 0.5) is 0 Å². The molecule has 0 N–H and O–H groups in total. The molecule has 29 heavy (non-hydrogen) atoms. The highest BCUT2D eigenvalue weighted by molar-refractivity contribution is 5.89. The Balaban J connectivity index is 1.44. The molecule has 0 amide bonds. The summed E-state index contributed by atoms with van der Waals surface area (Å²) in [6.07, 6.45) is 10.3. The second-order valence-electron chi connectivity index (χ2n) is 9.28. The van der Waals surface area contributed by atoms with E-state index in [0.717, 1.165) is 45.3 Å². The fourth-order valence-electron chi connectivity index (χ4n) is 6.21. The Morgan fingerprint density at radius 1 is 1.14 bits per heavy atom. The van der Waals surface area contributed by atoms with Crippen molar-refractivity contribution in [3.8, 4) is 0 Å². The number of piperidine rings is 1. The summed E-state index contributed by atoms with van der Waals surface area (Å²) in [4.78, 5) is 15.6. The molecule has 1 aromatic carbocycles. The van der Waals surface area contributed by atoms with Gasteiger partial charge in [-0.25, -0.2) is 0 Å². The van der Waals surface area contributed by atoms with Gasteiger partial charge in [0.05, 0.1) is 5.92 Å². The lowest BCUT2D eigenvalue weighted by molar-refractivity contribution is -0.158. The van der Waals surface area contributed by atoms with E-state index in [2.05, 4.69) is 47.7 Å². The molecule has 2 aliphatic carbocycles. The summed E-state index contributed by atoms with van der Waals surface area (Å²) in [5, 5.41) is 1.45. The largest absolute Gasteiger partial charge is 0.462 e. The topological polar surface area (TPSA) is 34.5 Å². The minimum Gasteiger partial charge on any atom is -0.462 e. The maximum Gasteiger partial charge on any atom is 0.310 e. The minimum atomic E-state index is 0.00296. The lowest BCUT2D eigenvalue weighted by Crippen LogP contribution is -2.51. The zero-order valence-corrected chi connectivity index (χ0v) is 17.9. The molecule has 5 rings (SSSR count). The Morgan fingerprint density at radius 3 is 2.72 bits per heavy atom. The van der Waals surface area contributed by atoms with Gasteiger partial charge in [0.1, 0.15) is 6.10 Å². The lowest BCUT2D eigenvalue weighted by atomic mass is 9.72. The molecular weight excluding hydrogens is 360 g/mol. The molecule has 2 heterocycles. The summed E-state index contributed by atoms with van der Waals surface area (Å²) in [6.45, 7) is 7.30. The van der Waals surface area contributed by atoms with Crippen molar-refractivity contribution in [2.45, 2.75) is 83.4 Å². The van der Waals surface area contributed by atoms with Gasteiger partial charge in [-0.05, 0) is 69.2 Å². The number of ether oxygens (including phenoxy) is 1. The monoisotopic (exact) mass is 394 g/mol. The molecular formula is C25H34N2O2. The van der Waals surface area contributed by atoms with E-state index in [4.69, 9.17) is 4.74 Å². The predicted molar refractivity (Wildman–Crippen MR) is 116 cm³/mol. The van der Waals surface area contributed by atoms with Gasteiger partial charge < -0.3 is 9.30 Å². The maximum absolute atomic E-state index is 13.1. The third-order valence-corrected chi connectivity index (χ3v) is 7.69. The summed E-state index contributed by atoms with van der Waals surface area (Å²) < 4.78 is 8.38. The number of aromatic nitrogens is 1. The molecule has 4 heteroatoms. The van der Waals surface area contributed by atoms with Gasteiger partial charge >= 0.3 is 5.97 Å². The van der Waals surface area contributed by atoms with Crippen LogP contribution in [0.15, 0.2) is 24.4 Å². The normalized spacial score (nSPS) is 27.7. The van der Waals surface area contributed by atoms with Gasteiger partial charge in [-0.2, -0.15) is 0 Å². The lowest BCUT2D eigenvalue weighted by Gasteiger charge is -2.46. The van der Waals surface area contributed by atoms with Gasteiger partial charge in [-0.3, -0.25) is 9.69 Å². The van der Waals surface area contributed by atoms with Crippen LogP contribution in [-0.2, 0) is 22.5 Å². The van der Waals surface area contributed by atoms with Gasteiger partial charge in [0, 0.05) is 42.1 Å². The van der Waals surface area contributed by atoms with Crippen LogP contribution in [0.3, 0.4) is 0 Å². The van der Waals surface area contributed by atoms with E-state index in [-0.39, 0.29) is 18.0 Å². The molecule has 1 aromatic heterocycles. The van der Waals surface area contributed by atoms with E-state index in [9.17, 15) is 4.79 Å². The Bertz CT molecular complexity index is 896. The number of fused-ring (bicyclic) bond motifs is 2. The highest BCUT2D eigenvalue weighted by Crippen LogP contribution is 2.45. The van der Waals surface area contributed by atoms with Crippen LogP contribution in [0.1, 0.15) is 69.4 Å². The molecule has 3 aliphatic rings. The Kier molecular flexibility index (Phi) is 5.15. The molecule has 1 aliphatic heterocycles. The number of aryl methyl sites for hydroxylation is 1. The SMILES string of the molecule is CCN1C[C@H](C(=O)OC2CCCCC2)C[C@@H]2c3cccc4c3c(cn4CC)C[C@H]21. The molecule has 0 radical (unpaired) electrons. The number of carbonyl (C=O) groups is 1. The molecule has 0 bridgehead atoms.